The molecule has 0 saturated carbocycles. The summed E-state index contributed by atoms with van der Waals surface area (Å²) in [5, 5.41) is 5.46. The number of ketones is 1. The van der Waals surface area contributed by atoms with E-state index in [2.05, 4.69) is 10.1 Å². The molecule has 0 amide bonds. The van der Waals surface area contributed by atoms with Crippen molar-refractivity contribution in [2.24, 2.45) is 0 Å². The van der Waals surface area contributed by atoms with E-state index >= 15 is 0 Å². The Bertz CT molecular complexity index is 970. The maximum atomic E-state index is 12.6. The van der Waals surface area contributed by atoms with Crippen molar-refractivity contribution in [1.82, 2.24) is 14.8 Å². The minimum Gasteiger partial charge on any atom is -0.343 e. The van der Waals surface area contributed by atoms with Crippen molar-refractivity contribution in [2.45, 2.75) is 25.8 Å². The fraction of sp³-hybridized carbons (Fsp3) is 0.235. The van der Waals surface area contributed by atoms with Gasteiger partial charge in [-0.1, -0.05) is 23.7 Å². The van der Waals surface area contributed by atoms with E-state index in [4.69, 9.17) is 11.6 Å². The number of aromatic nitrogens is 3. The lowest BCUT2D eigenvalue weighted by Crippen LogP contribution is -2.23. The zero-order chi connectivity index (χ0) is 16.0. The number of aromatic amines is 1. The third-order valence-electron chi connectivity index (χ3n) is 4.24. The van der Waals surface area contributed by atoms with Crippen LogP contribution < -0.4 is 5.43 Å². The lowest BCUT2D eigenvalue weighted by atomic mass is 9.94. The fourth-order valence-corrected chi connectivity index (χ4v) is 3.20. The van der Waals surface area contributed by atoms with Crippen LogP contribution in [0.2, 0.25) is 5.02 Å². The molecule has 0 fully saturated rings. The average molecular weight is 328 g/mol. The van der Waals surface area contributed by atoms with Crippen LogP contribution in [0.25, 0.3) is 11.0 Å². The fourth-order valence-electron chi connectivity index (χ4n) is 3.08. The largest absolute Gasteiger partial charge is 0.343 e. The highest BCUT2D eigenvalue weighted by Crippen LogP contribution is 2.20. The van der Waals surface area contributed by atoms with E-state index in [-0.39, 0.29) is 11.2 Å². The van der Waals surface area contributed by atoms with Crippen LogP contribution in [0.4, 0.5) is 0 Å². The molecule has 5 nitrogen and oxygen atoms in total. The van der Waals surface area contributed by atoms with E-state index in [0.29, 0.717) is 34.6 Å². The molecule has 1 N–H and O–H groups in total. The molecule has 1 aliphatic rings. The highest BCUT2D eigenvalue weighted by atomic mass is 35.5. The van der Waals surface area contributed by atoms with E-state index < -0.39 is 0 Å². The van der Waals surface area contributed by atoms with E-state index in [1.807, 2.05) is 24.3 Å². The molecule has 1 aliphatic carbocycles. The summed E-state index contributed by atoms with van der Waals surface area (Å²) < 4.78 is 1.75. The SMILES string of the molecule is O=C1CCCc2[nH]c3c(cnn3Cc3ccc(Cl)cc3)c(=O)c21. The summed E-state index contributed by atoms with van der Waals surface area (Å²) in [6, 6.07) is 7.50. The number of Topliss-reactive ketones (excluding diaryl/α,β-unsaturated/α-hetero) is 1. The molecule has 2 heterocycles. The van der Waals surface area contributed by atoms with Gasteiger partial charge in [0, 0.05) is 17.1 Å². The molecule has 3 aromatic rings. The first kappa shape index (κ1) is 14.2. The van der Waals surface area contributed by atoms with Crippen LogP contribution in [0.15, 0.2) is 35.3 Å². The van der Waals surface area contributed by atoms with Crippen molar-refractivity contribution in [3.05, 3.63) is 62.5 Å². The van der Waals surface area contributed by atoms with Gasteiger partial charge in [0.15, 0.2) is 5.78 Å². The molecule has 2 aromatic heterocycles. The number of nitrogens with zero attached hydrogens (tertiary/aromatic N) is 2. The van der Waals surface area contributed by atoms with Gasteiger partial charge >= 0.3 is 0 Å². The van der Waals surface area contributed by atoms with Gasteiger partial charge in [-0.15, -0.1) is 0 Å². The number of hydrogen-bond acceptors (Lipinski definition) is 3. The van der Waals surface area contributed by atoms with Gasteiger partial charge in [-0.3, -0.25) is 9.59 Å². The lowest BCUT2D eigenvalue weighted by Gasteiger charge is -2.14. The molecule has 116 valence electrons. The third-order valence-corrected chi connectivity index (χ3v) is 4.49. The predicted molar refractivity (Wildman–Crippen MR) is 88.2 cm³/mol. The number of rotatable bonds is 2. The van der Waals surface area contributed by atoms with Gasteiger partial charge in [0.1, 0.15) is 5.65 Å². The van der Waals surface area contributed by atoms with Gasteiger partial charge in [-0.25, -0.2) is 4.68 Å². The van der Waals surface area contributed by atoms with Crippen molar-refractivity contribution < 1.29 is 4.79 Å². The number of fused-ring (bicyclic) bond motifs is 2. The number of nitrogens with one attached hydrogen (secondary N) is 1. The maximum absolute atomic E-state index is 12.6. The first-order valence-electron chi connectivity index (χ1n) is 7.52. The van der Waals surface area contributed by atoms with Crippen LogP contribution in [-0.2, 0) is 13.0 Å². The van der Waals surface area contributed by atoms with Crippen molar-refractivity contribution in [3.63, 3.8) is 0 Å². The molecule has 0 unspecified atom stereocenters. The van der Waals surface area contributed by atoms with E-state index in [0.717, 1.165) is 24.1 Å². The van der Waals surface area contributed by atoms with E-state index in [1.54, 1.807) is 4.68 Å². The summed E-state index contributed by atoms with van der Waals surface area (Å²) in [5.41, 5.74) is 2.54. The number of H-pyrrole nitrogens is 1. The molecule has 0 saturated heterocycles. The van der Waals surface area contributed by atoms with Crippen molar-refractivity contribution in [2.75, 3.05) is 0 Å². The van der Waals surface area contributed by atoms with Gasteiger partial charge in [0.05, 0.1) is 23.7 Å². The smallest absolute Gasteiger partial charge is 0.203 e. The second-order valence-electron chi connectivity index (χ2n) is 5.78. The molecule has 0 atom stereocenters. The van der Waals surface area contributed by atoms with E-state index in [9.17, 15) is 9.59 Å². The zero-order valence-corrected chi connectivity index (χ0v) is 13.1. The summed E-state index contributed by atoms with van der Waals surface area (Å²) >= 11 is 5.90. The summed E-state index contributed by atoms with van der Waals surface area (Å²) in [4.78, 5) is 27.9. The Hall–Kier alpha value is -2.40. The maximum Gasteiger partial charge on any atom is 0.203 e. The molecule has 0 aliphatic heterocycles. The van der Waals surface area contributed by atoms with Crippen molar-refractivity contribution in [3.8, 4) is 0 Å². The summed E-state index contributed by atoms with van der Waals surface area (Å²) in [6.07, 6.45) is 3.48. The molecular weight excluding hydrogens is 314 g/mol. The minimum atomic E-state index is -0.208. The molecule has 0 spiro atoms. The number of halogens is 1. The first-order chi connectivity index (χ1) is 11.1. The van der Waals surface area contributed by atoms with Gasteiger partial charge in [-0.2, -0.15) is 5.10 Å². The standard InChI is InChI=1S/C17H14ClN3O2/c18-11-6-4-10(5-7-11)9-21-17-12(8-19-21)16(23)15-13(20-17)2-1-3-14(15)22/h4-8H,1-3,9H2,(H,20,23). The Morgan fingerprint density at radius 2 is 1.96 bits per heavy atom. The monoisotopic (exact) mass is 327 g/mol. The number of aryl methyl sites for hydroxylation is 1. The third kappa shape index (κ3) is 2.37. The number of carbonyl (C=O) groups is 1. The molecule has 0 radical (unpaired) electrons. The Labute approximate surface area is 136 Å². The Morgan fingerprint density at radius 3 is 2.74 bits per heavy atom. The van der Waals surface area contributed by atoms with Crippen LogP contribution in [-0.4, -0.2) is 20.5 Å². The Kier molecular flexibility index (Phi) is 3.31. The Morgan fingerprint density at radius 1 is 1.17 bits per heavy atom. The molecule has 4 rings (SSSR count). The molecule has 23 heavy (non-hydrogen) atoms. The second-order valence-corrected chi connectivity index (χ2v) is 6.21. The van der Waals surface area contributed by atoms with Crippen molar-refractivity contribution >= 4 is 28.4 Å². The van der Waals surface area contributed by atoms with Crippen LogP contribution in [0, 0.1) is 0 Å². The number of hydrogen-bond donors (Lipinski definition) is 1. The van der Waals surface area contributed by atoms with E-state index in [1.165, 1.54) is 6.20 Å². The molecule has 0 bridgehead atoms. The number of pyridine rings is 1. The highest BCUT2D eigenvalue weighted by Gasteiger charge is 2.24. The normalized spacial score (nSPS) is 14.2. The van der Waals surface area contributed by atoms with Gasteiger partial charge < -0.3 is 4.98 Å². The number of carbonyl (C=O) groups excluding carboxylic acids is 1. The lowest BCUT2D eigenvalue weighted by molar-refractivity contribution is 0.0970. The van der Waals surface area contributed by atoms with Crippen LogP contribution in [0.3, 0.4) is 0 Å². The van der Waals surface area contributed by atoms with Gasteiger partial charge in [0.2, 0.25) is 5.43 Å². The van der Waals surface area contributed by atoms with Crippen LogP contribution in [0.5, 0.6) is 0 Å². The molecule has 1 aromatic carbocycles. The van der Waals surface area contributed by atoms with Gasteiger partial charge in [0.25, 0.3) is 0 Å². The Balaban J connectivity index is 1.83. The van der Waals surface area contributed by atoms with Crippen LogP contribution >= 0.6 is 11.6 Å². The highest BCUT2D eigenvalue weighted by molar-refractivity contribution is 6.30. The second kappa shape index (κ2) is 5.35. The topological polar surface area (TPSA) is 67.8 Å². The summed E-state index contributed by atoms with van der Waals surface area (Å²) in [5.74, 6) is -0.0696. The van der Waals surface area contributed by atoms with Gasteiger partial charge in [-0.05, 0) is 30.5 Å². The quantitative estimate of drug-likeness (QED) is 0.787. The summed E-state index contributed by atoms with van der Waals surface area (Å²) in [7, 11) is 0. The minimum absolute atomic E-state index is 0.0696. The summed E-state index contributed by atoms with van der Waals surface area (Å²) in [6.45, 7) is 0.531. The van der Waals surface area contributed by atoms with Crippen molar-refractivity contribution in [1.29, 1.82) is 0 Å². The predicted octanol–water partition coefficient (Wildman–Crippen LogP) is 2.95. The number of benzene rings is 1. The average Bonchev–Trinajstić information content (AvgIpc) is 2.93. The van der Waals surface area contributed by atoms with Crippen LogP contribution in [0.1, 0.15) is 34.5 Å². The molecule has 6 heteroatoms. The first-order valence-corrected chi connectivity index (χ1v) is 7.89. The molecular formula is C17H14ClN3O2. The zero-order valence-electron chi connectivity index (χ0n) is 12.3.